The summed E-state index contributed by atoms with van der Waals surface area (Å²) in [5.74, 6) is 0. The van der Waals surface area contributed by atoms with Gasteiger partial charge in [0.2, 0.25) is 0 Å². The van der Waals surface area contributed by atoms with Crippen molar-refractivity contribution in [3.8, 4) is 0 Å². The highest BCUT2D eigenvalue weighted by atomic mass is 16.5. The van der Waals surface area contributed by atoms with E-state index < -0.39 is 6.10 Å². The molecule has 3 nitrogen and oxygen atoms in total. The fourth-order valence-corrected chi connectivity index (χ4v) is 1.74. The van der Waals surface area contributed by atoms with Crippen LogP contribution in [-0.2, 0) is 4.74 Å². The average molecular weight is 204 g/mol. The maximum absolute atomic E-state index is 9.73. The lowest BCUT2D eigenvalue weighted by Crippen LogP contribution is -2.41. The van der Waals surface area contributed by atoms with E-state index in [1.807, 2.05) is 27.7 Å². The summed E-state index contributed by atoms with van der Waals surface area (Å²) in [6, 6.07) is 0. The van der Waals surface area contributed by atoms with Crippen molar-refractivity contribution in [3.05, 3.63) is 0 Å². The average Bonchev–Trinajstić information content (AvgIpc) is 2.15. The van der Waals surface area contributed by atoms with Gasteiger partial charge >= 0.3 is 0 Å². The number of ether oxygens (including phenoxy) is 1. The number of aliphatic hydroxyl groups is 2. The smallest absolute Gasteiger partial charge is 0.0825 e. The summed E-state index contributed by atoms with van der Waals surface area (Å²) in [4.78, 5) is 0. The summed E-state index contributed by atoms with van der Waals surface area (Å²) in [5, 5.41) is 18.7. The third kappa shape index (κ3) is 3.56. The van der Waals surface area contributed by atoms with Gasteiger partial charge in [0.05, 0.1) is 18.3 Å². The number of aliphatic hydroxyl groups excluding tert-OH is 2. The first kappa shape index (κ1) is 13.9. The van der Waals surface area contributed by atoms with E-state index in [9.17, 15) is 5.11 Å². The van der Waals surface area contributed by atoms with Crippen LogP contribution in [0.5, 0.6) is 0 Å². The molecule has 0 saturated carbocycles. The molecule has 14 heavy (non-hydrogen) atoms. The molecule has 0 rings (SSSR count). The molecule has 3 heteroatoms. The first-order valence-electron chi connectivity index (χ1n) is 5.15. The van der Waals surface area contributed by atoms with Crippen molar-refractivity contribution in [2.24, 2.45) is 5.41 Å². The van der Waals surface area contributed by atoms with Gasteiger partial charge in [0.25, 0.3) is 0 Å². The first-order chi connectivity index (χ1) is 6.31. The molecular weight excluding hydrogens is 180 g/mol. The van der Waals surface area contributed by atoms with Gasteiger partial charge in [0, 0.05) is 7.11 Å². The number of methoxy groups -OCH3 is 1. The molecule has 0 aliphatic heterocycles. The molecule has 0 aliphatic rings. The molecule has 0 aliphatic carbocycles. The Morgan fingerprint density at radius 2 is 1.79 bits per heavy atom. The van der Waals surface area contributed by atoms with Crippen molar-refractivity contribution in [2.75, 3.05) is 13.7 Å². The van der Waals surface area contributed by atoms with E-state index in [2.05, 4.69) is 0 Å². The Balaban J connectivity index is 4.54. The highest BCUT2D eigenvalue weighted by molar-refractivity contribution is 4.87. The van der Waals surface area contributed by atoms with Gasteiger partial charge in [-0.1, -0.05) is 13.8 Å². The fourth-order valence-electron chi connectivity index (χ4n) is 1.74. The molecule has 2 unspecified atom stereocenters. The molecule has 0 aromatic rings. The first-order valence-corrected chi connectivity index (χ1v) is 5.15. The third-order valence-corrected chi connectivity index (χ3v) is 3.17. The van der Waals surface area contributed by atoms with Crippen LogP contribution in [0.1, 0.15) is 40.5 Å². The van der Waals surface area contributed by atoms with Crippen LogP contribution in [0, 0.1) is 5.41 Å². The van der Waals surface area contributed by atoms with Gasteiger partial charge in [-0.3, -0.25) is 0 Å². The lowest BCUT2D eigenvalue weighted by Gasteiger charge is -2.39. The van der Waals surface area contributed by atoms with Gasteiger partial charge in [-0.05, 0) is 32.1 Å². The van der Waals surface area contributed by atoms with E-state index in [-0.39, 0.29) is 17.6 Å². The van der Waals surface area contributed by atoms with Gasteiger partial charge in [-0.25, -0.2) is 0 Å². The summed E-state index contributed by atoms with van der Waals surface area (Å²) in [7, 11) is 1.67. The van der Waals surface area contributed by atoms with Crippen LogP contribution in [0.4, 0.5) is 0 Å². The Labute approximate surface area is 87.1 Å². The third-order valence-electron chi connectivity index (χ3n) is 3.17. The largest absolute Gasteiger partial charge is 0.394 e. The highest BCUT2D eigenvalue weighted by Crippen LogP contribution is 2.36. The second-order valence-corrected chi connectivity index (χ2v) is 4.85. The minimum absolute atomic E-state index is 0.190. The topological polar surface area (TPSA) is 49.7 Å². The lowest BCUT2D eigenvalue weighted by molar-refractivity contribution is -0.0737. The van der Waals surface area contributed by atoms with Gasteiger partial charge in [0.1, 0.15) is 0 Å². The zero-order valence-corrected chi connectivity index (χ0v) is 10.0. The zero-order valence-electron chi connectivity index (χ0n) is 10.0. The van der Waals surface area contributed by atoms with Crippen LogP contribution < -0.4 is 0 Å². The second kappa shape index (κ2) is 5.10. The van der Waals surface area contributed by atoms with Crippen LogP contribution in [0.25, 0.3) is 0 Å². The molecular formula is C11H24O3. The molecule has 0 aromatic carbocycles. The molecule has 0 saturated heterocycles. The predicted molar refractivity (Wildman–Crippen MR) is 57.2 cm³/mol. The van der Waals surface area contributed by atoms with E-state index >= 15 is 0 Å². The highest BCUT2D eigenvalue weighted by Gasteiger charge is 2.36. The van der Waals surface area contributed by atoms with Crippen molar-refractivity contribution < 1.29 is 14.9 Å². The fraction of sp³-hybridized carbons (Fsp3) is 1.00. The maximum atomic E-state index is 9.73. The Morgan fingerprint density at radius 3 is 2.07 bits per heavy atom. The molecule has 0 spiro atoms. The monoisotopic (exact) mass is 204 g/mol. The molecule has 0 bridgehead atoms. The van der Waals surface area contributed by atoms with Crippen LogP contribution in [-0.4, -0.2) is 35.6 Å². The van der Waals surface area contributed by atoms with Gasteiger partial charge in [0.15, 0.2) is 0 Å². The molecule has 0 fully saturated rings. The van der Waals surface area contributed by atoms with E-state index in [1.165, 1.54) is 0 Å². The molecule has 0 aromatic heterocycles. The quantitative estimate of drug-likeness (QED) is 0.690. The Kier molecular flexibility index (Phi) is 5.06. The SMILES string of the molecule is CCC(C)(CC(C)(C)OC)C(O)CO. The maximum Gasteiger partial charge on any atom is 0.0825 e. The predicted octanol–water partition coefficient (Wildman–Crippen LogP) is 1.57. The summed E-state index contributed by atoms with van der Waals surface area (Å²) in [5.41, 5.74) is -0.546. The minimum Gasteiger partial charge on any atom is -0.394 e. The lowest BCUT2D eigenvalue weighted by atomic mass is 9.74. The van der Waals surface area contributed by atoms with E-state index in [0.717, 1.165) is 12.8 Å². The van der Waals surface area contributed by atoms with Crippen molar-refractivity contribution in [1.29, 1.82) is 0 Å². The Hall–Kier alpha value is -0.120. The second-order valence-electron chi connectivity index (χ2n) is 4.85. The van der Waals surface area contributed by atoms with Crippen molar-refractivity contribution in [3.63, 3.8) is 0 Å². The number of hydrogen-bond acceptors (Lipinski definition) is 3. The standard InChI is InChI=1S/C11H24O3/c1-6-11(4,9(13)7-12)8-10(2,3)14-5/h9,12-13H,6-8H2,1-5H3. The van der Waals surface area contributed by atoms with Crippen LogP contribution in [0.3, 0.4) is 0 Å². The molecule has 86 valence electrons. The van der Waals surface area contributed by atoms with Crippen LogP contribution >= 0.6 is 0 Å². The Morgan fingerprint density at radius 1 is 1.29 bits per heavy atom. The minimum atomic E-state index is -0.679. The summed E-state index contributed by atoms with van der Waals surface area (Å²) in [6.45, 7) is 7.79. The normalized spacial score (nSPS) is 19.1. The Bertz CT molecular complexity index is 168. The van der Waals surface area contributed by atoms with Gasteiger partial charge in [-0.15, -0.1) is 0 Å². The van der Waals surface area contributed by atoms with E-state index in [1.54, 1.807) is 7.11 Å². The molecule has 0 heterocycles. The van der Waals surface area contributed by atoms with Gasteiger partial charge < -0.3 is 14.9 Å². The molecule has 2 atom stereocenters. The van der Waals surface area contributed by atoms with Gasteiger partial charge in [-0.2, -0.15) is 0 Å². The number of hydrogen-bond donors (Lipinski definition) is 2. The molecule has 2 N–H and O–H groups in total. The zero-order chi connectivity index (χ0) is 11.4. The van der Waals surface area contributed by atoms with E-state index in [4.69, 9.17) is 9.84 Å². The van der Waals surface area contributed by atoms with Crippen molar-refractivity contribution in [2.45, 2.75) is 52.2 Å². The van der Waals surface area contributed by atoms with E-state index in [0.29, 0.717) is 0 Å². The summed E-state index contributed by atoms with van der Waals surface area (Å²) in [6.07, 6.45) is 0.873. The molecule has 0 radical (unpaired) electrons. The van der Waals surface area contributed by atoms with Crippen molar-refractivity contribution in [1.82, 2.24) is 0 Å². The summed E-state index contributed by atoms with van der Waals surface area (Å²) >= 11 is 0. The van der Waals surface area contributed by atoms with Crippen molar-refractivity contribution >= 4 is 0 Å². The van der Waals surface area contributed by atoms with Crippen LogP contribution in [0.15, 0.2) is 0 Å². The number of rotatable bonds is 6. The summed E-state index contributed by atoms with van der Waals surface area (Å²) < 4.78 is 5.34. The van der Waals surface area contributed by atoms with Crippen LogP contribution in [0.2, 0.25) is 0 Å². The molecule has 0 amide bonds.